The molecule has 10 aromatic carbocycles. The normalized spacial score (nSPS) is 13.4. The van der Waals surface area contributed by atoms with E-state index in [9.17, 15) is 0 Å². The van der Waals surface area contributed by atoms with Crippen molar-refractivity contribution < 1.29 is 4.42 Å². The number of furan rings is 1. The third kappa shape index (κ3) is 3.94. The van der Waals surface area contributed by atoms with Crippen LogP contribution in [0.5, 0.6) is 0 Å². The molecular formula is C55H33NO. The molecule has 264 valence electrons. The summed E-state index contributed by atoms with van der Waals surface area (Å²) in [6.45, 7) is 0. The molecule has 13 rings (SSSR count). The molecule has 2 nitrogen and oxygen atoms in total. The van der Waals surface area contributed by atoms with Gasteiger partial charge in [0.25, 0.3) is 0 Å². The monoisotopic (exact) mass is 723 g/mol. The molecule has 11 aromatic rings. The number of fused-ring (bicyclic) bond motifs is 19. The van der Waals surface area contributed by atoms with Crippen LogP contribution in [-0.2, 0) is 5.41 Å². The summed E-state index contributed by atoms with van der Waals surface area (Å²) < 4.78 is 6.57. The standard InChI is InChI=1S/C55H33NO/c1-2-17-37-35(15-1)36-16-3-4-18-38(36)44-33-34(31-32-39(37)44)56(50-28-14-30-52-54(50)43-22-8-12-29-51(43)57-52)49-27-13-26-48-53(49)42-21-7-11-25-47(42)55(48)45-23-9-5-19-40(45)41-20-6-10-24-46(41)55/h1-33H. The number of para-hydroxylation sites is 1. The smallest absolute Gasteiger partial charge is 0.137 e. The summed E-state index contributed by atoms with van der Waals surface area (Å²) in [7, 11) is 0. The van der Waals surface area contributed by atoms with Gasteiger partial charge >= 0.3 is 0 Å². The average Bonchev–Trinajstić information content (AvgIpc) is 3.92. The van der Waals surface area contributed by atoms with Crippen LogP contribution in [0.1, 0.15) is 22.3 Å². The third-order valence-electron chi connectivity index (χ3n) is 12.8. The molecule has 0 bridgehead atoms. The molecule has 1 aromatic heterocycles. The molecule has 0 aliphatic heterocycles. The maximum atomic E-state index is 6.57. The minimum atomic E-state index is -0.451. The quantitative estimate of drug-likeness (QED) is 0.169. The maximum Gasteiger partial charge on any atom is 0.137 e. The summed E-state index contributed by atoms with van der Waals surface area (Å²) in [6.07, 6.45) is 0. The lowest BCUT2D eigenvalue weighted by Gasteiger charge is -2.32. The predicted octanol–water partition coefficient (Wildman–Crippen LogP) is 14.9. The van der Waals surface area contributed by atoms with E-state index in [1.165, 1.54) is 76.8 Å². The van der Waals surface area contributed by atoms with Crippen molar-refractivity contribution in [2.75, 3.05) is 4.90 Å². The van der Waals surface area contributed by atoms with Crippen molar-refractivity contribution in [3.8, 4) is 22.3 Å². The van der Waals surface area contributed by atoms with E-state index in [2.05, 4.69) is 205 Å². The largest absolute Gasteiger partial charge is 0.456 e. The first-order valence-electron chi connectivity index (χ1n) is 19.8. The number of anilines is 3. The van der Waals surface area contributed by atoms with Gasteiger partial charge in [0, 0.05) is 16.6 Å². The van der Waals surface area contributed by atoms with Crippen LogP contribution in [-0.4, -0.2) is 0 Å². The zero-order valence-corrected chi connectivity index (χ0v) is 30.9. The van der Waals surface area contributed by atoms with E-state index in [1.807, 2.05) is 0 Å². The average molecular weight is 724 g/mol. The van der Waals surface area contributed by atoms with E-state index in [0.29, 0.717) is 0 Å². The van der Waals surface area contributed by atoms with Crippen LogP contribution in [0.3, 0.4) is 0 Å². The Bertz CT molecular complexity index is 3420. The van der Waals surface area contributed by atoms with Gasteiger partial charge in [0.1, 0.15) is 11.2 Å². The fourth-order valence-electron chi connectivity index (χ4n) is 10.7. The van der Waals surface area contributed by atoms with Crippen LogP contribution in [0.15, 0.2) is 205 Å². The summed E-state index contributed by atoms with van der Waals surface area (Å²) in [6, 6.07) is 73.8. The van der Waals surface area contributed by atoms with Crippen LogP contribution < -0.4 is 4.90 Å². The Kier molecular flexibility index (Phi) is 6.13. The highest BCUT2D eigenvalue weighted by Crippen LogP contribution is 2.65. The van der Waals surface area contributed by atoms with Gasteiger partial charge in [-0.1, -0.05) is 164 Å². The SMILES string of the molecule is c1ccc2c(c1)-c1ccccc1C21c2ccccc2-c2c(N(c3ccc4c5ccccc5c5ccccc5c4c3)c3cccc4oc5ccccc5c34)cccc21. The van der Waals surface area contributed by atoms with Gasteiger partial charge < -0.3 is 9.32 Å². The lowest BCUT2D eigenvalue weighted by Crippen LogP contribution is -2.26. The van der Waals surface area contributed by atoms with Crippen LogP contribution in [0.4, 0.5) is 17.1 Å². The Morgan fingerprint density at radius 1 is 0.333 bits per heavy atom. The van der Waals surface area contributed by atoms with E-state index in [1.54, 1.807) is 0 Å². The lowest BCUT2D eigenvalue weighted by atomic mass is 9.70. The Morgan fingerprint density at radius 3 is 1.49 bits per heavy atom. The van der Waals surface area contributed by atoms with E-state index >= 15 is 0 Å². The summed E-state index contributed by atoms with van der Waals surface area (Å²) >= 11 is 0. The van der Waals surface area contributed by atoms with Crippen LogP contribution in [0, 0.1) is 0 Å². The highest BCUT2D eigenvalue weighted by atomic mass is 16.3. The van der Waals surface area contributed by atoms with Crippen molar-refractivity contribution in [1.29, 1.82) is 0 Å². The van der Waals surface area contributed by atoms with Crippen LogP contribution in [0.25, 0.3) is 76.5 Å². The maximum absolute atomic E-state index is 6.57. The molecule has 0 unspecified atom stereocenters. The molecule has 0 N–H and O–H groups in total. The Morgan fingerprint density at radius 2 is 0.807 bits per heavy atom. The molecule has 2 heteroatoms. The first-order chi connectivity index (χ1) is 28.3. The number of hydrogen-bond donors (Lipinski definition) is 0. The second-order valence-corrected chi connectivity index (χ2v) is 15.5. The summed E-state index contributed by atoms with van der Waals surface area (Å²) in [5.41, 5.74) is 15.1. The molecule has 2 aliphatic rings. The van der Waals surface area contributed by atoms with Gasteiger partial charge in [0.15, 0.2) is 0 Å². The summed E-state index contributed by atoms with van der Waals surface area (Å²) in [5, 5.41) is 9.76. The molecule has 1 heterocycles. The van der Waals surface area contributed by atoms with Crippen molar-refractivity contribution in [1.82, 2.24) is 0 Å². The Hall–Kier alpha value is -7.42. The Labute approximate surface area is 329 Å². The van der Waals surface area contributed by atoms with E-state index < -0.39 is 5.41 Å². The third-order valence-corrected chi connectivity index (χ3v) is 12.8. The van der Waals surface area contributed by atoms with Crippen LogP contribution >= 0.6 is 0 Å². The van der Waals surface area contributed by atoms with Gasteiger partial charge in [-0.25, -0.2) is 0 Å². The number of benzene rings is 10. The minimum absolute atomic E-state index is 0.451. The minimum Gasteiger partial charge on any atom is -0.456 e. The van der Waals surface area contributed by atoms with Crippen molar-refractivity contribution in [2.45, 2.75) is 5.41 Å². The van der Waals surface area contributed by atoms with Crippen molar-refractivity contribution in [3.63, 3.8) is 0 Å². The second-order valence-electron chi connectivity index (χ2n) is 15.5. The molecule has 2 aliphatic carbocycles. The fraction of sp³-hybridized carbons (Fsp3) is 0.0182. The second kappa shape index (κ2) is 11.3. The molecule has 0 saturated carbocycles. The molecule has 0 fully saturated rings. The number of nitrogens with zero attached hydrogens (tertiary/aromatic N) is 1. The van der Waals surface area contributed by atoms with Crippen molar-refractivity contribution in [3.05, 3.63) is 222 Å². The lowest BCUT2D eigenvalue weighted by molar-refractivity contribution is 0.669. The van der Waals surface area contributed by atoms with Crippen molar-refractivity contribution >= 4 is 71.3 Å². The van der Waals surface area contributed by atoms with E-state index in [-0.39, 0.29) is 0 Å². The molecule has 0 amide bonds. The fourth-order valence-corrected chi connectivity index (χ4v) is 10.7. The zero-order chi connectivity index (χ0) is 37.2. The predicted molar refractivity (Wildman–Crippen MR) is 237 cm³/mol. The van der Waals surface area contributed by atoms with Gasteiger partial charge in [0.2, 0.25) is 0 Å². The Balaban J connectivity index is 1.17. The molecule has 0 saturated heterocycles. The highest BCUT2D eigenvalue weighted by Gasteiger charge is 2.52. The van der Waals surface area contributed by atoms with Crippen molar-refractivity contribution in [2.24, 2.45) is 0 Å². The van der Waals surface area contributed by atoms with Gasteiger partial charge in [-0.05, 0) is 108 Å². The van der Waals surface area contributed by atoms with Crippen LogP contribution in [0.2, 0.25) is 0 Å². The van der Waals surface area contributed by atoms with Gasteiger partial charge in [-0.2, -0.15) is 0 Å². The molecule has 0 atom stereocenters. The summed E-state index contributed by atoms with van der Waals surface area (Å²) in [4.78, 5) is 2.51. The molecule has 0 radical (unpaired) electrons. The molecular weight excluding hydrogens is 691 g/mol. The first kappa shape index (κ1) is 30.9. The van der Waals surface area contributed by atoms with Gasteiger partial charge in [0.05, 0.1) is 22.2 Å². The number of rotatable bonds is 3. The first-order valence-corrected chi connectivity index (χ1v) is 19.8. The van der Waals surface area contributed by atoms with E-state index in [4.69, 9.17) is 4.42 Å². The topological polar surface area (TPSA) is 16.4 Å². The molecule has 57 heavy (non-hydrogen) atoms. The zero-order valence-electron chi connectivity index (χ0n) is 30.9. The number of hydrogen-bond acceptors (Lipinski definition) is 2. The molecule has 1 spiro atoms. The van der Waals surface area contributed by atoms with Gasteiger partial charge in [-0.3, -0.25) is 0 Å². The van der Waals surface area contributed by atoms with E-state index in [0.717, 1.165) is 39.0 Å². The highest BCUT2D eigenvalue weighted by molar-refractivity contribution is 6.26. The summed E-state index contributed by atoms with van der Waals surface area (Å²) in [5.74, 6) is 0. The van der Waals surface area contributed by atoms with Gasteiger partial charge in [-0.15, -0.1) is 0 Å².